The quantitative estimate of drug-likeness (QED) is 0.336. The lowest BCUT2D eigenvalue weighted by molar-refractivity contribution is -0.384. The van der Waals surface area contributed by atoms with Gasteiger partial charge in [-0.15, -0.1) is 0 Å². The van der Waals surface area contributed by atoms with Crippen LogP contribution in [0.3, 0.4) is 0 Å². The Hall–Kier alpha value is -3.00. The molecule has 0 unspecified atom stereocenters. The highest BCUT2D eigenvalue weighted by Crippen LogP contribution is 2.28. The molecule has 0 amide bonds. The number of nitro groups is 1. The Bertz CT molecular complexity index is 919. The third kappa shape index (κ3) is 3.58. The van der Waals surface area contributed by atoms with Crippen molar-refractivity contribution in [2.75, 3.05) is 7.11 Å². The number of methoxy groups -OCH3 is 1. The lowest BCUT2D eigenvalue weighted by atomic mass is 10.2. The summed E-state index contributed by atoms with van der Waals surface area (Å²) in [5, 5.41) is 10.7. The highest BCUT2D eigenvalue weighted by molar-refractivity contribution is 9.10. The van der Waals surface area contributed by atoms with Crippen molar-refractivity contribution in [2.45, 2.75) is 0 Å². The number of hydrogen-bond donors (Lipinski definition) is 0. The molecule has 126 valence electrons. The first-order valence-corrected chi connectivity index (χ1v) is 7.88. The van der Waals surface area contributed by atoms with Gasteiger partial charge in [-0.2, -0.15) is 0 Å². The summed E-state index contributed by atoms with van der Waals surface area (Å²) in [6.07, 6.45) is 1.50. The van der Waals surface area contributed by atoms with Crippen molar-refractivity contribution >= 4 is 39.6 Å². The fourth-order valence-corrected chi connectivity index (χ4v) is 2.58. The lowest BCUT2D eigenvalue weighted by Gasteiger charge is -2.07. The van der Waals surface area contributed by atoms with Crippen LogP contribution >= 0.6 is 15.9 Å². The first kappa shape index (κ1) is 16.8. The Balaban J connectivity index is 1.95. The molecule has 0 atom stereocenters. The molecule has 1 heterocycles. The van der Waals surface area contributed by atoms with Gasteiger partial charge in [-0.05, 0) is 42.0 Å². The molecule has 8 heteroatoms. The minimum Gasteiger partial charge on any atom is -0.496 e. The van der Waals surface area contributed by atoms with Crippen LogP contribution in [0.2, 0.25) is 0 Å². The lowest BCUT2D eigenvalue weighted by Crippen LogP contribution is -2.07. The van der Waals surface area contributed by atoms with Gasteiger partial charge >= 0.3 is 5.97 Å². The SMILES string of the molecule is COc1ccc(Br)cc1C1=N/C(=C/c2ccc([N+](=O)[O-])cc2)C(=O)O1. The standard InChI is InChI=1S/C17H11BrN2O5/c1-24-15-7-4-11(18)9-13(15)16-19-14(17(21)25-16)8-10-2-5-12(6-3-10)20(22)23/h2-9H,1H3/b14-8+. The summed E-state index contributed by atoms with van der Waals surface area (Å²) in [5.41, 5.74) is 1.21. The van der Waals surface area contributed by atoms with E-state index in [4.69, 9.17) is 9.47 Å². The zero-order valence-corrected chi connectivity index (χ0v) is 14.5. The topological polar surface area (TPSA) is 91.0 Å². The number of ether oxygens (including phenoxy) is 2. The fourth-order valence-electron chi connectivity index (χ4n) is 2.22. The number of carbonyl (C=O) groups excluding carboxylic acids is 1. The van der Waals surface area contributed by atoms with Crippen LogP contribution in [0, 0.1) is 10.1 Å². The average Bonchev–Trinajstić information content (AvgIpc) is 2.96. The predicted molar refractivity (Wildman–Crippen MR) is 94.4 cm³/mol. The maximum atomic E-state index is 12.1. The molecular formula is C17H11BrN2O5. The number of nitro benzene ring substituents is 1. The molecule has 1 aliphatic heterocycles. The monoisotopic (exact) mass is 402 g/mol. The van der Waals surface area contributed by atoms with Gasteiger partial charge in [-0.25, -0.2) is 9.79 Å². The molecule has 0 fully saturated rings. The van der Waals surface area contributed by atoms with Gasteiger partial charge in [-0.3, -0.25) is 10.1 Å². The van der Waals surface area contributed by atoms with E-state index in [-0.39, 0.29) is 17.3 Å². The molecule has 0 aromatic heterocycles. The second kappa shape index (κ2) is 6.86. The van der Waals surface area contributed by atoms with Gasteiger partial charge < -0.3 is 9.47 Å². The maximum Gasteiger partial charge on any atom is 0.363 e. The molecular weight excluding hydrogens is 392 g/mol. The Morgan fingerprint density at radius 1 is 1.24 bits per heavy atom. The van der Waals surface area contributed by atoms with Gasteiger partial charge in [0.15, 0.2) is 5.70 Å². The summed E-state index contributed by atoms with van der Waals surface area (Å²) in [4.78, 5) is 26.5. The molecule has 2 aromatic carbocycles. The maximum absolute atomic E-state index is 12.1. The van der Waals surface area contributed by atoms with Crippen molar-refractivity contribution in [3.05, 3.63) is 73.9 Å². The van der Waals surface area contributed by atoms with E-state index in [1.165, 1.54) is 37.5 Å². The zero-order valence-electron chi connectivity index (χ0n) is 12.9. The second-order valence-electron chi connectivity index (χ2n) is 5.03. The Kier molecular flexibility index (Phi) is 4.62. The first-order chi connectivity index (χ1) is 12.0. The molecule has 3 rings (SSSR count). The van der Waals surface area contributed by atoms with Gasteiger partial charge in [-0.1, -0.05) is 15.9 Å². The van der Waals surface area contributed by atoms with Crippen molar-refractivity contribution in [3.63, 3.8) is 0 Å². The number of nitrogens with zero attached hydrogens (tertiary/aromatic N) is 2. The van der Waals surface area contributed by atoms with E-state index in [1.807, 2.05) is 0 Å². The molecule has 2 aromatic rings. The number of cyclic esters (lactones) is 1. The number of non-ortho nitro benzene ring substituents is 1. The van der Waals surface area contributed by atoms with E-state index >= 15 is 0 Å². The van der Waals surface area contributed by atoms with Gasteiger partial charge in [0.2, 0.25) is 5.90 Å². The van der Waals surface area contributed by atoms with Gasteiger partial charge in [0, 0.05) is 16.6 Å². The Labute approximate surface area is 150 Å². The summed E-state index contributed by atoms with van der Waals surface area (Å²) in [6.45, 7) is 0. The van der Waals surface area contributed by atoms with E-state index in [0.717, 1.165) is 4.47 Å². The van der Waals surface area contributed by atoms with Crippen molar-refractivity contribution < 1.29 is 19.2 Å². The highest BCUT2D eigenvalue weighted by Gasteiger charge is 2.26. The average molecular weight is 403 g/mol. The molecule has 0 saturated carbocycles. The van der Waals surface area contributed by atoms with Crippen LogP contribution < -0.4 is 4.74 Å². The number of carbonyl (C=O) groups is 1. The number of esters is 1. The largest absolute Gasteiger partial charge is 0.496 e. The molecule has 7 nitrogen and oxygen atoms in total. The van der Waals surface area contributed by atoms with Crippen molar-refractivity contribution in [1.82, 2.24) is 0 Å². The molecule has 1 aliphatic rings. The van der Waals surface area contributed by atoms with Crippen molar-refractivity contribution in [2.24, 2.45) is 4.99 Å². The number of rotatable bonds is 4. The molecule has 0 bridgehead atoms. The summed E-state index contributed by atoms with van der Waals surface area (Å²) >= 11 is 3.35. The van der Waals surface area contributed by atoms with E-state index in [9.17, 15) is 14.9 Å². The smallest absolute Gasteiger partial charge is 0.363 e. The molecule has 0 saturated heterocycles. The van der Waals surface area contributed by atoms with E-state index in [0.29, 0.717) is 16.9 Å². The number of aliphatic imine (C=N–C) groups is 1. The van der Waals surface area contributed by atoms with E-state index < -0.39 is 10.9 Å². The van der Waals surface area contributed by atoms with Gasteiger partial charge in [0.05, 0.1) is 17.6 Å². The highest BCUT2D eigenvalue weighted by atomic mass is 79.9. The summed E-state index contributed by atoms with van der Waals surface area (Å²) in [7, 11) is 1.51. The minimum absolute atomic E-state index is 0.0285. The number of halogens is 1. The first-order valence-electron chi connectivity index (χ1n) is 7.09. The number of hydrogen-bond acceptors (Lipinski definition) is 6. The molecule has 0 spiro atoms. The Morgan fingerprint density at radius 3 is 2.60 bits per heavy atom. The van der Waals surface area contributed by atoms with Crippen LogP contribution in [-0.2, 0) is 9.53 Å². The van der Waals surface area contributed by atoms with Crippen LogP contribution in [0.4, 0.5) is 5.69 Å². The summed E-state index contributed by atoms with van der Waals surface area (Å²) < 4.78 is 11.3. The molecule has 25 heavy (non-hydrogen) atoms. The van der Waals surface area contributed by atoms with Crippen LogP contribution in [0.5, 0.6) is 5.75 Å². The molecule has 0 N–H and O–H groups in total. The predicted octanol–water partition coefficient (Wildman–Crippen LogP) is 3.71. The van der Waals surface area contributed by atoms with Crippen LogP contribution in [0.25, 0.3) is 6.08 Å². The van der Waals surface area contributed by atoms with Crippen molar-refractivity contribution in [3.8, 4) is 5.75 Å². The fraction of sp³-hybridized carbons (Fsp3) is 0.0588. The van der Waals surface area contributed by atoms with Crippen LogP contribution in [0.15, 0.2) is 57.6 Å². The van der Waals surface area contributed by atoms with Crippen LogP contribution in [0.1, 0.15) is 11.1 Å². The zero-order chi connectivity index (χ0) is 18.0. The van der Waals surface area contributed by atoms with Crippen LogP contribution in [-0.4, -0.2) is 23.9 Å². The second-order valence-corrected chi connectivity index (χ2v) is 5.94. The minimum atomic E-state index is -0.601. The van der Waals surface area contributed by atoms with Gasteiger partial charge in [0.25, 0.3) is 5.69 Å². The third-order valence-corrected chi connectivity index (χ3v) is 3.91. The number of benzene rings is 2. The van der Waals surface area contributed by atoms with E-state index in [1.54, 1.807) is 18.2 Å². The van der Waals surface area contributed by atoms with E-state index in [2.05, 4.69) is 20.9 Å². The Morgan fingerprint density at radius 2 is 1.96 bits per heavy atom. The third-order valence-electron chi connectivity index (χ3n) is 3.42. The molecule has 0 radical (unpaired) electrons. The summed E-state index contributed by atoms with van der Waals surface area (Å²) in [5.74, 6) is 0.0537. The normalized spacial score (nSPS) is 15.0. The molecule has 0 aliphatic carbocycles. The van der Waals surface area contributed by atoms with Gasteiger partial charge in [0.1, 0.15) is 5.75 Å². The summed E-state index contributed by atoms with van der Waals surface area (Å²) in [6, 6.07) is 11.0. The van der Waals surface area contributed by atoms with Crippen molar-refractivity contribution in [1.29, 1.82) is 0 Å².